The summed E-state index contributed by atoms with van der Waals surface area (Å²) in [6.07, 6.45) is 0. The molecule has 0 radical (unpaired) electrons. The largest absolute Gasteiger partial charge is 0.423 e. The SMILES string of the molecule is CC(=O)Nc1ccc(OC(=O)c2cc([N+](=O)[O-])ccc2N(C)C)cc1. The molecule has 1 amide bonds. The first-order chi connectivity index (χ1) is 11.8. The molecule has 0 aliphatic heterocycles. The van der Waals surface area contributed by atoms with E-state index in [2.05, 4.69) is 5.32 Å². The van der Waals surface area contributed by atoms with E-state index in [1.54, 1.807) is 31.1 Å². The Hall–Kier alpha value is -3.42. The fourth-order valence-electron chi connectivity index (χ4n) is 2.16. The molecule has 0 saturated heterocycles. The molecule has 2 aromatic rings. The van der Waals surface area contributed by atoms with Crippen LogP contribution in [-0.4, -0.2) is 30.9 Å². The minimum Gasteiger partial charge on any atom is -0.423 e. The zero-order valence-electron chi connectivity index (χ0n) is 14.0. The van der Waals surface area contributed by atoms with E-state index in [1.165, 1.54) is 37.3 Å². The molecule has 8 heteroatoms. The van der Waals surface area contributed by atoms with Crippen LogP contribution >= 0.6 is 0 Å². The average molecular weight is 343 g/mol. The number of nitrogens with zero attached hydrogens (tertiary/aromatic N) is 2. The smallest absolute Gasteiger partial charge is 0.345 e. The van der Waals surface area contributed by atoms with Crippen LogP contribution in [0.25, 0.3) is 0 Å². The number of hydrogen-bond acceptors (Lipinski definition) is 6. The number of ether oxygens (including phenoxy) is 1. The van der Waals surface area contributed by atoms with Gasteiger partial charge in [0.1, 0.15) is 5.75 Å². The van der Waals surface area contributed by atoms with Crippen LogP contribution in [0, 0.1) is 10.1 Å². The van der Waals surface area contributed by atoms with Crippen LogP contribution in [0.15, 0.2) is 42.5 Å². The van der Waals surface area contributed by atoms with Gasteiger partial charge in [-0.1, -0.05) is 0 Å². The van der Waals surface area contributed by atoms with Gasteiger partial charge in [-0.2, -0.15) is 0 Å². The van der Waals surface area contributed by atoms with Gasteiger partial charge in [-0.25, -0.2) is 4.79 Å². The van der Waals surface area contributed by atoms with Crippen molar-refractivity contribution in [2.24, 2.45) is 0 Å². The van der Waals surface area contributed by atoms with Gasteiger partial charge in [-0.3, -0.25) is 14.9 Å². The Morgan fingerprint density at radius 3 is 2.28 bits per heavy atom. The standard InChI is InChI=1S/C17H17N3O5/c1-11(21)18-12-4-7-14(8-5-12)25-17(22)15-10-13(20(23)24)6-9-16(15)19(2)3/h4-10H,1-3H3,(H,18,21). The predicted molar refractivity (Wildman–Crippen MR) is 93.1 cm³/mol. The number of amides is 1. The van der Waals surface area contributed by atoms with Crippen molar-refractivity contribution >= 4 is 28.9 Å². The summed E-state index contributed by atoms with van der Waals surface area (Å²) in [5.41, 5.74) is 0.964. The lowest BCUT2D eigenvalue weighted by Gasteiger charge is -2.16. The van der Waals surface area contributed by atoms with Gasteiger partial charge in [0.2, 0.25) is 5.91 Å². The summed E-state index contributed by atoms with van der Waals surface area (Å²) in [5.74, 6) is -0.660. The first-order valence-electron chi connectivity index (χ1n) is 7.33. The lowest BCUT2D eigenvalue weighted by Crippen LogP contribution is -2.17. The number of hydrogen-bond donors (Lipinski definition) is 1. The van der Waals surface area contributed by atoms with Crippen molar-refractivity contribution < 1.29 is 19.2 Å². The minimum atomic E-state index is -0.709. The van der Waals surface area contributed by atoms with E-state index in [1.807, 2.05) is 0 Å². The third-order valence-corrected chi connectivity index (χ3v) is 3.28. The highest BCUT2D eigenvalue weighted by Gasteiger charge is 2.19. The highest BCUT2D eigenvalue weighted by molar-refractivity contribution is 5.98. The number of esters is 1. The number of nitro benzene ring substituents is 1. The summed E-state index contributed by atoms with van der Waals surface area (Å²) < 4.78 is 5.29. The molecule has 0 bridgehead atoms. The topological polar surface area (TPSA) is 102 Å². The lowest BCUT2D eigenvalue weighted by molar-refractivity contribution is -0.384. The van der Waals surface area contributed by atoms with Gasteiger partial charge < -0.3 is 15.0 Å². The maximum absolute atomic E-state index is 12.4. The molecule has 0 unspecified atom stereocenters. The molecule has 130 valence electrons. The number of non-ortho nitro benzene ring substituents is 1. The van der Waals surface area contributed by atoms with E-state index in [0.717, 1.165) is 0 Å². The Morgan fingerprint density at radius 2 is 1.76 bits per heavy atom. The maximum atomic E-state index is 12.4. The quantitative estimate of drug-likeness (QED) is 0.388. The highest BCUT2D eigenvalue weighted by Crippen LogP contribution is 2.26. The molecular weight excluding hydrogens is 326 g/mol. The van der Waals surface area contributed by atoms with Gasteiger partial charge in [-0.05, 0) is 30.3 Å². The van der Waals surface area contributed by atoms with E-state index < -0.39 is 10.9 Å². The van der Waals surface area contributed by atoms with E-state index in [-0.39, 0.29) is 22.9 Å². The summed E-state index contributed by atoms with van der Waals surface area (Å²) in [7, 11) is 3.44. The number of carbonyl (C=O) groups excluding carboxylic acids is 2. The number of carbonyl (C=O) groups is 2. The lowest BCUT2D eigenvalue weighted by atomic mass is 10.1. The third kappa shape index (κ3) is 4.54. The molecule has 2 aromatic carbocycles. The van der Waals surface area contributed by atoms with Gasteiger partial charge >= 0.3 is 5.97 Å². The summed E-state index contributed by atoms with van der Waals surface area (Å²) in [5, 5.41) is 13.5. The second-order valence-corrected chi connectivity index (χ2v) is 5.45. The van der Waals surface area contributed by atoms with Gasteiger partial charge in [0.15, 0.2) is 0 Å². The van der Waals surface area contributed by atoms with Crippen molar-refractivity contribution in [1.29, 1.82) is 0 Å². The Morgan fingerprint density at radius 1 is 1.12 bits per heavy atom. The molecule has 0 aliphatic carbocycles. The Kier molecular flexibility index (Phi) is 5.33. The van der Waals surface area contributed by atoms with E-state index in [4.69, 9.17) is 4.74 Å². The van der Waals surface area contributed by atoms with Gasteiger partial charge in [0.05, 0.1) is 16.2 Å². The fraction of sp³-hybridized carbons (Fsp3) is 0.176. The van der Waals surface area contributed by atoms with Crippen LogP contribution in [0.4, 0.5) is 17.1 Å². The van der Waals surface area contributed by atoms with Crippen molar-refractivity contribution in [3.63, 3.8) is 0 Å². The van der Waals surface area contributed by atoms with Crippen molar-refractivity contribution in [3.8, 4) is 5.75 Å². The summed E-state index contributed by atoms with van der Waals surface area (Å²) in [4.78, 5) is 35.5. The number of nitrogens with one attached hydrogen (secondary N) is 1. The van der Waals surface area contributed by atoms with Gasteiger partial charge in [-0.15, -0.1) is 0 Å². The van der Waals surface area contributed by atoms with E-state index in [9.17, 15) is 19.7 Å². The predicted octanol–water partition coefficient (Wildman–Crippen LogP) is 2.84. The van der Waals surface area contributed by atoms with Crippen molar-refractivity contribution in [1.82, 2.24) is 0 Å². The Balaban J connectivity index is 2.26. The molecule has 2 rings (SSSR count). The van der Waals surface area contributed by atoms with Gasteiger partial charge in [0, 0.05) is 38.8 Å². The number of benzene rings is 2. The molecule has 8 nitrogen and oxygen atoms in total. The second-order valence-electron chi connectivity index (χ2n) is 5.45. The molecule has 0 aliphatic rings. The zero-order valence-corrected chi connectivity index (χ0v) is 14.0. The fourth-order valence-corrected chi connectivity index (χ4v) is 2.16. The Bertz CT molecular complexity index is 816. The number of rotatable bonds is 5. The van der Waals surface area contributed by atoms with Crippen molar-refractivity contribution in [2.45, 2.75) is 6.92 Å². The monoisotopic (exact) mass is 343 g/mol. The number of anilines is 2. The zero-order chi connectivity index (χ0) is 18.6. The summed E-state index contributed by atoms with van der Waals surface area (Å²) >= 11 is 0. The number of nitro groups is 1. The molecule has 0 aromatic heterocycles. The van der Waals surface area contributed by atoms with E-state index >= 15 is 0 Å². The Labute approximate surface area is 144 Å². The highest BCUT2D eigenvalue weighted by atomic mass is 16.6. The van der Waals surface area contributed by atoms with Gasteiger partial charge in [0.25, 0.3) is 5.69 Å². The summed E-state index contributed by atoms with van der Waals surface area (Å²) in [6, 6.07) is 10.2. The first kappa shape index (κ1) is 17.9. The summed E-state index contributed by atoms with van der Waals surface area (Å²) in [6.45, 7) is 1.39. The molecule has 0 atom stereocenters. The van der Waals surface area contributed by atoms with Crippen LogP contribution in [0.2, 0.25) is 0 Å². The molecule has 0 saturated carbocycles. The van der Waals surface area contributed by atoms with Crippen LogP contribution in [0.5, 0.6) is 5.75 Å². The first-order valence-corrected chi connectivity index (χ1v) is 7.33. The molecule has 0 heterocycles. The van der Waals surface area contributed by atoms with Crippen LogP contribution in [0.3, 0.4) is 0 Å². The van der Waals surface area contributed by atoms with Crippen molar-refractivity contribution in [3.05, 3.63) is 58.1 Å². The van der Waals surface area contributed by atoms with Crippen LogP contribution in [0.1, 0.15) is 17.3 Å². The van der Waals surface area contributed by atoms with Crippen LogP contribution < -0.4 is 15.0 Å². The molecule has 0 fully saturated rings. The molecule has 0 spiro atoms. The molecule has 25 heavy (non-hydrogen) atoms. The average Bonchev–Trinajstić information content (AvgIpc) is 2.55. The maximum Gasteiger partial charge on any atom is 0.345 e. The molecular formula is C17H17N3O5. The van der Waals surface area contributed by atoms with Crippen molar-refractivity contribution in [2.75, 3.05) is 24.3 Å². The second kappa shape index (κ2) is 7.43. The van der Waals surface area contributed by atoms with Crippen LogP contribution in [-0.2, 0) is 4.79 Å². The third-order valence-electron chi connectivity index (χ3n) is 3.28. The normalized spacial score (nSPS) is 10.0. The minimum absolute atomic E-state index is 0.0881. The van der Waals surface area contributed by atoms with E-state index in [0.29, 0.717) is 11.4 Å². The molecule has 1 N–H and O–H groups in total.